The number of aromatic nitrogens is 4. The lowest BCUT2D eigenvalue weighted by molar-refractivity contribution is 0.302. The smallest absolute Gasteiger partial charge is 0.368 e. The molecule has 2 aromatic carbocycles. The van der Waals surface area contributed by atoms with E-state index in [1.165, 1.54) is 19.2 Å². The molecule has 0 aliphatic carbocycles. The van der Waals surface area contributed by atoms with Crippen LogP contribution in [0.3, 0.4) is 0 Å². The molecular formula is C16H14ClFN4O2. The Labute approximate surface area is 142 Å². The monoisotopic (exact) mass is 348 g/mol. The van der Waals surface area contributed by atoms with E-state index in [4.69, 9.17) is 16.3 Å². The molecular weight excluding hydrogens is 335 g/mol. The maximum atomic E-state index is 13.4. The zero-order chi connectivity index (χ0) is 17.3. The molecule has 124 valence electrons. The van der Waals surface area contributed by atoms with Crippen molar-refractivity contribution in [3.05, 3.63) is 68.8 Å². The maximum absolute atomic E-state index is 13.4. The van der Waals surface area contributed by atoms with Crippen LogP contribution in [0.1, 0.15) is 11.1 Å². The molecule has 0 aliphatic rings. The molecule has 0 unspecified atom stereocenters. The van der Waals surface area contributed by atoms with E-state index in [2.05, 4.69) is 10.4 Å². The fraction of sp³-hybridized carbons (Fsp3) is 0.188. The largest absolute Gasteiger partial charge is 0.488 e. The van der Waals surface area contributed by atoms with Crippen molar-refractivity contribution in [3.8, 4) is 11.4 Å². The maximum Gasteiger partial charge on any atom is 0.368 e. The van der Waals surface area contributed by atoms with Crippen LogP contribution in [0.15, 0.2) is 41.2 Å². The van der Waals surface area contributed by atoms with Gasteiger partial charge in [0.1, 0.15) is 18.2 Å². The van der Waals surface area contributed by atoms with Gasteiger partial charge in [0.15, 0.2) is 0 Å². The molecule has 3 rings (SSSR count). The van der Waals surface area contributed by atoms with Crippen molar-refractivity contribution in [2.45, 2.75) is 13.5 Å². The van der Waals surface area contributed by atoms with Gasteiger partial charge in [-0.05, 0) is 41.1 Å². The Hall–Kier alpha value is -2.67. The first-order valence-electron chi connectivity index (χ1n) is 7.13. The standard InChI is InChI=1S/C16H14ClFN4O2/c1-10-6-7-11(18)8-15(10)24-9-12-13(17)4-3-5-14(12)22-16(23)21(2)19-20-22/h3-8H,9H2,1-2H3. The number of halogens is 2. The van der Waals surface area contributed by atoms with Gasteiger partial charge in [0, 0.05) is 23.7 Å². The lowest BCUT2D eigenvalue weighted by Crippen LogP contribution is -2.23. The molecule has 8 heteroatoms. The minimum Gasteiger partial charge on any atom is -0.488 e. The third kappa shape index (κ3) is 3.03. The molecule has 1 aromatic heterocycles. The topological polar surface area (TPSA) is 61.9 Å². The van der Waals surface area contributed by atoms with Crippen LogP contribution in [-0.4, -0.2) is 19.8 Å². The predicted molar refractivity (Wildman–Crippen MR) is 87.1 cm³/mol. The van der Waals surface area contributed by atoms with Crippen LogP contribution in [-0.2, 0) is 13.7 Å². The molecule has 0 amide bonds. The molecule has 0 N–H and O–H groups in total. The van der Waals surface area contributed by atoms with Gasteiger partial charge in [-0.3, -0.25) is 0 Å². The number of aryl methyl sites for hydroxylation is 2. The Kier molecular flexibility index (Phi) is 4.35. The molecule has 0 fully saturated rings. The average Bonchev–Trinajstić information content (AvgIpc) is 2.88. The zero-order valence-electron chi connectivity index (χ0n) is 13.0. The summed E-state index contributed by atoms with van der Waals surface area (Å²) in [6, 6.07) is 9.38. The summed E-state index contributed by atoms with van der Waals surface area (Å²) in [6.45, 7) is 1.87. The minimum atomic E-state index is -0.402. The first-order chi connectivity index (χ1) is 11.5. The summed E-state index contributed by atoms with van der Waals surface area (Å²) < 4.78 is 21.3. The van der Waals surface area contributed by atoms with E-state index in [9.17, 15) is 9.18 Å². The second-order valence-electron chi connectivity index (χ2n) is 5.23. The van der Waals surface area contributed by atoms with Crippen molar-refractivity contribution in [3.63, 3.8) is 0 Å². The first kappa shape index (κ1) is 16.2. The summed E-state index contributed by atoms with van der Waals surface area (Å²) >= 11 is 6.25. The van der Waals surface area contributed by atoms with E-state index in [0.29, 0.717) is 22.0 Å². The molecule has 0 atom stereocenters. The molecule has 6 nitrogen and oxygen atoms in total. The second kappa shape index (κ2) is 6.45. The summed E-state index contributed by atoms with van der Waals surface area (Å²) in [6.07, 6.45) is 0. The highest BCUT2D eigenvalue weighted by Gasteiger charge is 2.15. The number of hydrogen-bond donors (Lipinski definition) is 0. The van der Waals surface area contributed by atoms with Gasteiger partial charge in [-0.2, -0.15) is 9.36 Å². The third-order valence-corrected chi connectivity index (χ3v) is 3.92. The van der Waals surface area contributed by atoms with Crippen LogP contribution < -0.4 is 10.4 Å². The minimum absolute atomic E-state index is 0.0579. The van der Waals surface area contributed by atoms with E-state index < -0.39 is 5.69 Å². The normalized spacial score (nSPS) is 10.8. The number of ether oxygens (including phenoxy) is 1. The van der Waals surface area contributed by atoms with E-state index in [0.717, 1.165) is 14.9 Å². The molecule has 0 radical (unpaired) electrons. The lowest BCUT2D eigenvalue weighted by atomic mass is 10.2. The van der Waals surface area contributed by atoms with Crippen LogP contribution in [0, 0.1) is 12.7 Å². The van der Waals surface area contributed by atoms with Gasteiger partial charge in [-0.1, -0.05) is 23.7 Å². The molecule has 0 spiro atoms. The van der Waals surface area contributed by atoms with Crippen molar-refractivity contribution < 1.29 is 9.13 Å². The number of rotatable bonds is 4. The van der Waals surface area contributed by atoms with E-state index in [1.807, 2.05) is 6.92 Å². The molecule has 1 heterocycles. The van der Waals surface area contributed by atoms with Crippen LogP contribution in [0.25, 0.3) is 5.69 Å². The van der Waals surface area contributed by atoms with Crippen molar-refractivity contribution >= 4 is 11.6 Å². The van der Waals surface area contributed by atoms with Crippen LogP contribution in [0.5, 0.6) is 5.75 Å². The predicted octanol–water partition coefficient (Wildman–Crippen LogP) is 2.65. The molecule has 3 aromatic rings. The average molecular weight is 349 g/mol. The second-order valence-corrected chi connectivity index (χ2v) is 5.64. The first-order valence-corrected chi connectivity index (χ1v) is 7.51. The van der Waals surface area contributed by atoms with Gasteiger partial charge < -0.3 is 4.74 Å². The Bertz CT molecular complexity index is 951. The van der Waals surface area contributed by atoms with Crippen LogP contribution in [0.2, 0.25) is 5.02 Å². The summed E-state index contributed by atoms with van der Waals surface area (Å²) in [7, 11) is 1.50. The Morgan fingerprint density at radius 2 is 2.04 bits per heavy atom. The van der Waals surface area contributed by atoms with Gasteiger partial charge in [0.2, 0.25) is 0 Å². The fourth-order valence-electron chi connectivity index (χ4n) is 2.23. The lowest BCUT2D eigenvalue weighted by Gasteiger charge is -2.13. The van der Waals surface area contributed by atoms with Crippen molar-refractivity contribution in [2.24, 2.45) is 7.05 Å². The van der Waals surface area contributed by atoms with Gasteiger partial charge >= 0.3 is 5.69 Å². The quantitative estimate of drug-likeness (QED) is 0.727. The molecule has 0 aliphatic heterocycles. The van der Waals surface area contributed by atoms with Crippen molar-refractivity contribution in [2.75, 3.05) is 0 Å². The Morgan fingerprint density at radius 1 is 1.25 bits per heavy atom. The number of nitrogens with zero attached hydrogens (tertiary/aromatic N) is 4. The molecule has 0 saturated carbocycles. The van der Waals surface area contributed by atoms with Gasteiger partial charge in [-0.25, -0.2) is 9.18 Å². The highest BCUT2D eigenvalue weighted by atomic mass is 35.5. The van der Waals surface area contributed by atoms with Crippen LogP contribution in [0.4, 0.5) is 4.39 Å². The number of benzene rings is 2. The van der Waals surface area contributed by atoms with E-state index in [-0.39, 0.29) is 12.4 Å². The van der Waals surface area contributed by atoms with E-state index >= 15 is 0 Å². The Morgan fingerprint density at radius 3 is 2.75 bits per heavy atom. The SMILES string of the molecule is Cc1ccc(F)cc1OCc1c(Cl)cccc1-n1nnn(C)c1=O. The van der Waals surface area contributed by atoms with Gasteiger partial charge in [0.05, 0.1) is 5.69 Å². The molecule has 0 saturated heterocycles. The highest BCUT2D eigenvalue weighted by Crippen LogP contribution is 2.26. The summed E-state index contributed by atoms with van der Waals surface area (Å²) in [5, 5.41) is 7.92. The molecule has 0 bridgehead atoms. The summed E-state index contributed by atoms with van der Waals surface area (Å²) in [5.41, 5.74) is 1.42. The van der Waals surface area contributed by atoms with Crippen molar-refractivity contribution in [1.82, 2.24) is 19.8 Å². The highest BCUT2D eigenvalue weighted by molar-refractivity contribution is 6.31. The van der Waals surface area contributed by atoms with Gasteiger partial charge in [-0.15, -0.1) is 0 Å². The summed E-state index contributed by atoms with van der Waals surface area (Å²) in [4.78, 5) is 12.1. The number of tetrazole rings is 1. The van der Waals surface area contributed by atoms with E-state index in [1.54, 1.807) is 24.3 Å². The zero-order valence-corrected chi connectivity index (χ0v) is 13.8. The molecule has 24 heavy (non-hydrogen) atoms. The number of hydrogen-bond acceptors (Lipinski definition) is 4. The third-order valence-electron chi connectivity index (χ3n) is 3.57. The van der Waals surface area contributed by atoms with Crippen molar-refractivity contribution in [1.29, 1.82) is 0 Å². The van der Waals surface area contributed by atoms with Gasteiger partial charge in [0.25, 0.3) is 0 Å². The fourth-order valence-corrected chi connectivity index (χ4v) is 2.46. The Balaban J connectivity index is 1.98. The van der Waals surface area contributed by atoms with Crippen LogP contribution >= 0.6 is 11.6 Å². The summed E-state index contributed by atoms with van der Waals surface area (Å²) in [5.74, 6) is 0.0208.